The summed E-state index contributed by atoms with van der Waals surface area (Å²) in [4.78, 5) is 31.0. The Hall–Kier alpha value is -3.01. The number of nitrogens with zero attached hydrogens (tertiary/aromatic N) is 2. The Kier molecular flexibility index (Phi) is 8.55. The first-order valence-corrected chi connectivity index (χ1v) is 12.4. The molecule has 0 aliphatic carbocycles. The van der Waals surface area contributed by atoms with E-state index in [2.05, 4.69) is 5.32 Å². The van der Waals surface area contributed by atoms with Crippen molar-refractivity contribution in [1.82, 2.24) is 4.90 Å². The van der Waals surface area contributed by atoms with E-state index >= 15 is 0 Å². The molecule has 10 heteroatoms. The number of nitrogens with one attached hydrogen (secondary N) is 1. The van der Waals surface area contributed by atoms with Crippen LogP contribution >= 0.6 is 0 Å². The number of carbonyl (C=O) groups excluding carboxylic acids is 2. The van der Waals surface area contributed by atoms with Crippen LogP contribution in [0.2, 0.25) is 0 Å². The molecule has 2 amide bonds. The van der Waals surface area contributed by atoms with Gasteiger partial charge in [-0.2, -0.15) is 13.2 Å². The highest BCUT2D eigenvalue weighted by Gasteiger charge is 2.56. The predicted molar refractivity (Wildman–Crippen MR) is 137 cm³/mol. The smallest absolute Gasteiger partial charge is 0.325 e. The highest BCUT2D eigenvalue weighted by molar-refractivity contribution is 6.08. The number of benzene rings is 2. The lowest BCUT2D eigenvalue weighted by Gasteiger charge is -2.35. The Labute approximate surface area is 220 Å². The summed E-state index contributed by atoms with van der Waals surface area (Å²) in [5.41, 5.74) is -1.51. The van der Waals surface area contributed by atoms with Gasteiger partial charge in [-0.15, -0.1) is 0 Å². The predicted octanol–water partition coefficient (Wildman–Crippen LogP) is 6.46. The first-order chi connectivity index (χ1) is 17.6. The van der Waals surface area contributed by atoms with Crippen LogP contribution in [0.1, 0.15) is 49.5 Å². The van der Waals surface area contributed by atoms with Gasteiger partial charge in [0.05, 0.1) is 16.9 Å². The second kappa shape index (κ2) is 11.0. The van der Waals surface area contributed by atoms with Crippen LogP contribution in [0.4, 0.5) is 33.3 Å². The third kappa shape index (κ3) is 6.00. The number of amides is 2. The Bertz CT molecular complexity index is 1180. The first kappa shape index (κ1) is 29.5. The van der Waals surface area contributed by atoms with Crippen molar-refractivity contribution in [2.45, 2.75) is 47.2 Å². The van der Waals surface area contributed by atoms with Gasteiger partial charge in [0, 0.05) is 36.6 Å². The van der Waals surface area contributed by atoms with Crippen molar-refractivity contribution in [2.24, 2.45) is 17.3 Å². The minimum absolute atomic E-state index is 0.00632. The maximum atomic E-state index is 13.9. The monoisotopic (exact) mass is 539 g/mol. The van der Waals surface area contributed by atoms with Crippen molar-refractivity contribution in [3.05, 3.63) is 58.7 Å². The molecule has 1 heterocycles. The van der Waals surface area contributed by atoms with Gasteiger partial charge in [-0.3, -0.25) is 9.59 Å². The van der Waals surface area contributed by atoms with Gasteiger partial charge in [0.25, 0.3) is 6.43 Å². The van der Waals surface area contributed by atoms with Gasteiger partial charge in [0.15, 0.2) is 0 Å². The van der Waals surface area contributed by atoms with Crippen molar-refractivity contribution in [3.63, 3.8) is 0 Å². The number of hydrogen-bond donors (Lipinski definition) is 1. The van der Waals surface area contributed by atoms with Gasteiger partial charge in [0.1, 0.15) is 0 Å². The van der Waals surface area contributed by atoms with E-state index < -0.39 is 46.7 Å². The zero-order chi connectivity index (χ0) is 28.6. The molecule has 38 heavy (non-hydrogen) atoms. The quantitative estimate of drug-likeness (QED) is 0.392. The molecule has 3 rings (SSSR count). The van der Waals surface area contributed by atoms with Gasteiger partial charge in [-0.05, 0) is 56.1 Å². The van der Waals surface area contributed by atoms with Gasteiger partial charge < -0.3 is 15.1 Å². The second-order valence-electron chi connectivity index (χ2n) is 10.7. The molecule has 1 aliphatic rings. The summed E-state index contributed by atoms with van der Waals surface area (Å²) >= 11 is 0. The molecule has 0 aromatic heterocycles. The maximum absolute atomic E-state index is 13.9. The summed E-state index contributed by atoms with van der Waals surface area (Å²) in [5, 5.41) is 2.47. The number of carbonyl (C=O) groups is 2. The van der Waals surface area contributed by atoms with Crippen LogP contribution in [0.25, 0.3) is 0 Å². The number of rotatable bonds is 8. The molecule has 1 aliphatic heterocycles. The number of anilines is 2. The summed E-state index contributed by atoms with van der Waals surface area (Å²) < 4.78 is 67.1. The molecule has 208 valence electrons. The number of hydrogen-bond acceptors (Lipinski definition) is 3. The average molecular weight is 540 g/mol. The van der Waals surface area contributed by atoms with Gasteiger partial charge >= 0.3 is 6.18 Å². The molecule has 1 fully saturated rings. The lowest BCUT2D eigenvalue weighted by Crippen LogP contribution is -2.50. The van der Waals surface area contributed by atoms with E-state index in [0.717, 1.165) is 17.2 Å². The van der Waals surface area contributed by atoms with Crippen molar-refractivity contribution < 1.29 is 31.5 Å². The van der Waals surface area contributed by atoms with Crippen molar-refractivity contribution in [1.29, 1.82) is 0 Å². The van der Waals surface area contributed by atoms with Crippen LogP contribution in [0.5, 0.6) is 0 Å². The Morgan fingerprint density at radius 2 is 1.76 bits per heavy atom. The topological polar surface area (TPSA) is 52.6 Å². The molecular weight excluding hydrogens is 505 g/mol. The summed E-state index contributed by atoms with van der Waals surface area (Å²) in [5.74, 6) is -1.55. The standard InChI is InChI=1S/C28H34F5N3O2/c1-16(2)13-35(6)14-27(15-36(25(37)19(27)5)23-17(3)8-7-9-18(23)4)26(38)34-22-11-20(24(29)30)10-21(12-22)28(31,32)33/h7-12,16,19,24H,13-15H2,1-6H3,(H,34,38)/t19-,27-/m1/s1. The van der Waals surface area contributed by atoms with E-state index in [1.807, 2.05) is 57.8 Å². The summed E-state index contributed by atoms with van der Waals surface area (Å²) in [6.45, 7) is 10.1. The molecule has 5 nitrogen and oxygen atoms in total. The average Bonchev–Trinajstić information content (AvgIpc) is 3.03. The SMILES string of the molecule is Cc1cccc(C)c1N1C[C@@](CN(C)CC(C)C)(C(=O)Nc2cc(C(F)F)cc(C(F)(F)F)c2)[C@H](C)C1=O. The number of aryl methyl sites for hydroxylation is 2. The zero-order valence-electron chi connectivity index (χ0n) is 22.4. The van der Waals surface area contributed by atoms with Crippen LogP contribution in [-0.2, 0) is 15.8 Å². The lowest BCUT2D eigenvalue weighted by molar-refractivity contribution is -0.137. The summed E-state index contributed by atoms with van der Waals surface area (Å²) in [6.07, 6.45) is -8.04. The van der Waals surface area contributed by atoms with Gasteiger partial charge in [-0.1, -0.05) is 39.0 Å². The van der Waals surface area contributed by atoms with Crippen LogP contribution in [0.15, 0.2) is 36.4 Å². The van der Waals surface area contributed by atoms with Crippen LogP contribution in [0, 0.1) is 31.1 Å². The highest BCUT2D eigenvalue weighted by Crippen LogP contribution is 2.43. The van der Waals surface area contributed by atoms with E-state index in [4.69, 9.17) is 0 Å². The number of halogens is 5. The maximum Gasteiger partial charge on any atom is 0.416 e. The Balaban J connectivity index is 2.08. The Morgan fingerprint density at radius 1 is 1.16 bits per heavy atom. The second-order valence-corrected chi connectivity index (χ2v) is 10.7. The zero-order valence-corrected chi connectivity index (χ0v) is 22.4. The molecule has 2 aromatic rings. The number of para-hydroxylation sites is 1. The molecule has 1 saturated heterocycles. The lowest BCUT2D eigenvalue weighted by atomic mass is 9.77. The third-order valence-corrected chi connectivity index (χ3v) is 7.09. The van der Waals surface area contributed by atoms with Crippen LogP contribution < -0.4 is 10.2 Å². The first-order valence-electron chi connectivity index (χ1n) is 12.4. The van der Waals surface area contributed by atoms with Gasteiger partial charge in [0.2, 0.25) is 11.8 Å². The fraction of sp³-hybridized carbons (Fsp3) is 0.500. The fourth-order valence-corrected chi connectivity index (χ4v) is 5.35. The minimum Gasteiger partial charge on any atom is -0.325 e. The van der Waals surface area contributed by atoms with E-state index in [1.54, 1.807) is 11.8 Å². The fourth-order valence-electron chi connectivity index (χ4n) is 5.35. The molecule has 0 bridgehead atoms. The molecule has 2 atom stereocenters. The largest absolute Gasteiger partial charge is 0.416 e. The molecule has 0 spiro atoms. The molecule has 2 aromatic carbocycles. The van der Waals surface area contributed by atoms with Crippen LogP contribution in [-0.4, -0.2) is 43.4 Å². The van der Waals surface area contributed by atoms with E-state index in [-0.39, 0.29) is 24.9 Å². The van der Waals surface area contributed by atoms with E-state index in [9.17, 15) is 31.5 Å². The molecule has 0 saturated carbocycles. The van der Waals surface area contributed by atoms with E-state index in [0.29, 0.717) is 24.4 Å². The molecule has 1 N–H and O–H groups in total. The molecular formula is C28H34F5N3O2. The van der Waals surface area contributed by atoms with Crippen molar-refractivity contribution >= 4 is 23.2 Å². The molecule has 0 unspecified atom stereocenters. The van der Waals surface area contributed by atoms with Crippen molar-refractivity contribution in [2.75, 3.05) is 36.9 Å². The van der Waals surface area contributed by atoms with Gasteiger partial charge in [-0.25, -0.2) is 8.78 Å². The van der Waals surface area contributed by atoms with E-state index in [1.165, 1.54) is 0 Å². The highest BCUT2D eigenvalue weighted by atomic mass is 19.4. The molecule has 0 radical (unpaired) electrons. The van der Waals surface area contributed by atoms with Crippen molar-refractivity contribution in [3.8, 4) is 0 Å². The minimum atomic E-state index is -4.88. The Morgan fingerprint density at radius 3 is 2.29 bits per heavy atom. The summed E-state index contributed by atoms with van der Waals surface area (Å²) in [7, 11) is 1.81. The normalized spacial score (nSPS) is 20.2. The number of alkyl halides is 5. The summed E-state index contributed by atoms with van der Waals surface area (Å²) in [6, 6.07) is 7.44. The van der Waals surface area contributed by atoms with Crippen LogP contribution in [0.3, 0.4) is 0 Å². The third-order valence-electron chi connectivity index (χ3n) is 7.09.